The summed E-state index contributed by atoms with van der Waals surface area (Å²) in [4.78, 5) is 0. The quantitative estimate of drug-likeness (QED) is 0.684. The summed E-state index contributed by atoms with van der Waals surface area (Å²) in [5.74, 6) is 1.04. The van der Waals surface area contributed by atoms with Crippen molar-refractivity contribution in [2.24, 2.45) is 0 Å². The van der Waals surface area contributed by atoms with Crippen LogP contribution in [0.4, 0.5) is 0 Å². The molecule has 90 valence electrons. The first-order chi connectivity index (χ1) is 7.36. The molecular weight excluding hydrogens is 212 g/mol. The zero-order valence-corrected chi connectivity index (χ0v) is 12.4. The molecule has 0 heterocycles. The van der Waals surface area contributed by atoms with Gasteiger partial charge in [0.15, 0.2) is 0 Å². The molecule has 1 aromatic carbocycles. The van der Waals surface area contributed by atoms with Crippen molar-refractivity contribution >= 4 is 8.32 Å². The largest absolute Gasteiger partial charge is 0.543 e. The second-order valence-corrected chi connectivity index (χ2v) is 10.3. The summed E-state index contributed by atoms with van der Waals surface area (Å²) in [6.45, 7) is 13.6. The third kappa shape index (κ3) is 2.88. The highest BCUT2D eigenvalue weighted by atomic mass is 28.4. The van der Waals surface area contributed by atoms with E-state index >= 15 is 0 Å². The molecule has 0 unspecified atom stereocenters. The van der Waals surface area contributed by atoms with Gasteiger partial charge in [-0.1, -0.05) is 39.8 Å². The summed E-state index contributed by atoms with van der Waals surface area (Å²) in [7, 11) is -1.67. The van der Waals surface area contributed by atoms with Crippen molar-refractivity contribution in [2.75, 3.05) is 0 Å². The van der Waals surface area contributed by atoms with Gasteiger partial charge in [0, 0.05) is 0 Å². The first-order valence-electron chi connectivity index (χ1n) is 6.12. The van der Waals surface area contributed by atoms with Crippen molar-refractivity contribution in [3.8, 4) is 5.75 Å². The van der Waals surface area contributed by atoms with Crippen LogP contribution in [0.5, 0.6) is 5.75 Å². The molecule has 0 saturated heterocycles. The summed E-state index contributed by atoms with van der Waals surface area (Å²) in [6, 6.07) is 8.38. The zero-order valence-electron chi connectivity index (χ0n) is 11.4. The highest BCUT2D eigenvalue weighted by Gasteiger charge is 2.38. The molecule has 0 saturated carbocycles. The van der Waals surface area contributed by atoms with Gasteiger partial charge in [-0.05, 0) is 42.2 Å². The molecule has 16 heavy (non-hydrogen) atoms. The molecule has 0 radical (unpaired) electrons. The fourth-order valence-electron chi connectivity index (χ4n) is 1.84. The summed E-state index contributed by atoms with van der Waals surface area (Å²) < 4.78 is 6.34. The average Bonchev–Trinajstić information content (AvgIpc) is 2.16. The normalized spacial score (nSPS) is 12.2. The first-order valence-corrected chi connectivity index (χ1v) is 8.68. The standard InChI is InChI=1S/C14H24OSi/c1-11(2)16(6,12(3)4)15-14-9-7-8-13(5)10-14/h7-12H,1-6H3. The summed E-state index contributed by atoms with van der Waals surface area (Å²) >= 11 is 0. The average molecular weight is 236 g/mol. The van der Waals surface area contributed by atoms with E-state index in [0.29, 0.717) is 11.1 Å². The van der Waals surface area contributed by atoms with E-state index in [2.05, 4.69) is 65.4 Å². The van der Waals surface area contributed by atoms with Gasteiger partial charge < -0.3 is 4.43 Å². The Morgan fingerprint density at radius 1 is 1.06 bits per heavy atom. The third-order valence-electron chi connectivity index (χ3n) is 3.62. The minimum absolute atomic E-state index is 0.632. The van der Waals surface area contributed by atoms with Crippen molar-refractivity contribution in [3.05, 3.63) is 29.8 Å². The van der Waals surface area contributed by atoms with Crippen LogP contribution >= 0.6 is 0 Å². The molecule has 0 fully saturated rings. The molecule has 1 nitrogen and oxygen atoms in total. The Bertz CT molecular complexity index is 336. The Balaban J connectivity index is 2.93. The fourth-order valence-corrected chi connectivity index (χ4v) is 4.27. The van der Waals surface area contributed by atoms with E-state index in [-0.39, 0.29) is 0 Å². The van der Waals surface area contributed by atoms with Crippen LogP contribution in [-0.4, -0.2) is 8.32 Å². The maximum absolute atomic E-state index is 6.34. The molecule has 0 aromatic heterocycles. The monoisotopic (exact) mass is 236 g/mol. The Morgan fingerprint density at radius 2 is 1.62 bits per heavy atom. The lowest BCUT2D eigenvalue weighted by Gasteiger charge is -2.35. The van der Waals surface area contributed by atoms with E-state index in [9.17, 15) is 0 Å². The van der Waals surface area contributed by atoms with Gasteiger partial charge in [0.05, 0.1) is 0 Å². The molecular formula is C14H24OSi. The summed E-state index contributed by atoms with van der Waals surface area (Å²) in [5.41, 5.74) is 2.53. The maximum atomic E-state index is 6.34. The molecule has 2 heteroatoms. The zero-order chi connectivity index (χ0) is 12.3. The van der Waals surface area contributed by atoms with Crippen molar-refractivity contribution in [2.45, 2.75) is 52.2 Å². The van der Waals surface area contributed by atoms with Gasteiger partial charge >= 0.3 is 0 Å². The smallest absolute Gasteiger partial charge is 0.253 e. The van der Waals surface area contributed by atoms with E-state index in [0.717, 1.165) is 5.75 Å². The van der Waals surface area contributed by atoms with Crippen LogP contribution in [0.15, 0.2) is 24.3 Å². The van der Waals surface area contributed by atoms with Gasteiger partial charge in [-0.2, -0.15) is 0 Å². The van der Waals surface area contributed by atoms with Crippen LogP contribution in [0.25, 0.3) is 0 Å². The molecule has 0 atom stereocenters. The van der Waals surface area contributed by atoms with Crippen molar-refractivity contribution < 1.29 is 4.43 Å². The van der Waals surface area contributed by atoms with E-state index in [4.69, 9.17) is 4.43 Å². The predicted molar refractivity (Wildman–Crippen MR) is 73.6 cm³/mol. The molecule has 0 aliphatic heterocycles. The van der Waals surface area contributed by atoms with Crippen molar-refractivity contribution in [3.63, 3.8) is 0 Å². The minimum Gasteiger partial charge on any atom is -0.543 e. The van der Waals surface area contributed by atoms with E-state index < -0.39 is 8.32 Å². The van der Waals surface area contributed by atoms with E-state index in [1.165, 1.54) is 5.56 Å². The molecule has 0 aliphatic carbocycles. The fraction of sp³-hybridized carbons (Fsp3) is 0.571. The number of rotatable bonds is 4. The second-order valence-electron chi connectivity index (χ2n) is 5.41. The van der Waals surface area contributed by atoms with Gasteiger partial charge in [0.1, 0.15) is 5.75 Å². The lowest BCUT2D eigenvalue weighted by atomic mass is 10.2. The van der Waals surface area contributed by atoms with Gasteiger partial charge in [0.25, 0.3) is 8.32 Å². The van der Waals surface area contributed by atoms with Crippen LogP contribution in [0.2, 0.25) is 17.6 Å². The van der Waals surface area contributed by atoms with Crippen LogP contribution in [0, 0.1) is 6.92 Å². The topological polar surface area (TPSA) is 9.23 Å². The van der Waals surface area contributed by atoms with Gasteiger partial charge in [-0.3, -0.25) is 0 Å². The minimum atomic E-state index is -1.67. The maximum Gasteiger partial charge on any atom is 0.253 e. The molecule has 0 aliphatic rings. The van der Waals surface area contributed by atoms with Gasteiger partial charge in [0.2, 0.25) is 0 Å². The van der Waals surface area contributed by atoms with E-state index in [1.807, 2.05) is 0 Å². The Hall–Kier alpha value is -0.763. The predicted octanol–water partition coefficient (Wildman–Crippen LogP) is 4.77. The summed E-state index contributed by atoms with van der Waals surface area (Å²) in [6.07, 6.45) is 0. The number of benzene rings is 1. The number of hydrogen-bond acceptors (Lipinski definition) is 1. The second kappa shape index (κ2) is 5.04. The first kappa shape index (κ1) is 13.3. The lowest BCUT2D eigenvalue weighted by molar-refractivity contribution is 0.506. The Labute approximate surface area is 101 Å². The Morgan fingerprint density at radius 3 is 2.06 bits per heavy atom. The Kier molecular flexibility index (Phi) is 4.19. The number of hydrogen-bond donors (Lipinski definition) is 0. The highest BCUT2D eigenvalue weighted by molar-refractivity contribution is 6.75. The molecule has 0 bridgehead atoms. The van der Waals surface area contributed by atoms with Gasteiger partial charge in [-0.15, -0.1) is 0 Å². The number of aryl methyl sites for hydroxylation is 1. The van der Waals surface area contributed by atoms with Crippen molar-refractivity contribution in [1.82, 2.24) is 0 Å². The van der Waals surface area contributed by atoms with Crippen LogP contribution in [0.3, 0.4) is 0 Å². The SMILES string of the molecule is Cc1cccc(O[Si](C)(C(C)C)C(C)C)c1. The lowest BCUT2D eigenvalue weighted by Crippen LogP contribution is -2.44. The van der Waals surface area contributed by atoms with Crippen molar-refractivity contribution in [1.29, 1.82) is 0 Å². The van der Waals surface area contributed by atoms with Crippen LogP contribution in [-0.2, 0) is 0 Å². The molecule has 1 rings (SSSR count). The molecule has 1 aromatic rings. The molecule has 0 spiro atoms. The highest BCUT2D eigenvalue weighted by Crippen LogP contribution is 2.34. The van der Waals surface area contributed by atoms with Gasteiger partial charge in [-0.25, -0.2) is 0 Å². The third-order valence-corrected chi connectivity index (χ3v) is 8.88. The molecule has 0 N–H and O–H groups in total. The van der Waals surface area contributed by atoms with E-state index in [1.54, 1.807) is 0 Å². The van der Waals surface area contributed by atoms with Crippen LogP contribution in [0.1, 0.15) is 33.3 Å². The van der Waals surface area contributed by atoms with Crippen LogP contribution < -0.4 is 4.43 Å². The molecule has 0 amide bonds. The summed E-state index contributed by atoms with van der Waals surface area (Å²) in [5, 5.41) is 0.